The average Bonchev–Trinajstić information content (AvgIpc) is 2.25. The van der Waals surface area contributed by atoms with Crippen molar-refractivity contribution in [3.8, 4) is 0 Å². The number of carbonyl (C=O) groups excluding carboxylic acids is 1. The first-order valence-corrected chi connectivity index (χ1v) is 5.37. The summed E-state index contributed by atoms with van der Waals surface area (Å²) in [6.07, 6.45) is -7.14. The van der Waals surface area contributed by atoms with Gasteiger partial charge in [-0.3, -0.25) is 4.79 Å². The predicted octanol–water partition coefficient (Wildman–Crippen LogP) is 2.48. The van der Waals surface area contributed by atoms with E-state index in [1.165, 1.54) is 12.1 Å². The van der Waals surface area contributed by atoms with E-state index < -0.39 is 23.1 Å². The molecule has 16 heavy (non-hydrogen) atoms. The van der Waals surface area contributed by atoms with Gasteiger partial charge in [-0.25, -0.2) is 0 Å². The third-order valence-electron chi connectivity index (χ3n) is 1.76. The van der Waals surface area contributed by atoms with Gasteiger partial charge < -0.3 is 5.11 Å². The summed E-state index contributed by atoms with van der Waals surface area (Å²) in [6.45, 7) is 0. The number of aliphatic hydroxyl groups is 1. The number of thioether (sulfide) groups is 1. The zero-order valence-electron chi connectivity index (χ0n) is 8.07. The molecule has 1 aromatic rings. The Morgan fingerprint density at radius 3 is 2.38 bits per heavy atom. The molecular weight excluding hydrogens is 241 g/mol. The summed E-state index contributed by atoms with van der Waals surface area (Å²) in [5, 5.41) is 8.20. The SMILES string of the molecule is O=C(SCC(O)C(F)(F)F)c1ccccc1. The van der Waals surface area contributed by atoms with Crippen LogP contribution in [0.5, 0.6) is 0 Å². The fourth-order valence-corrected chi connectivity index (χ4v) is 1.71. The summed E-state index contributed by atoms with van der Waals surface area (Å²) in [7, 11) is 0. The fourth-order valence-electron chi connectivity index (χ4n) is 0.907. The van der Waals surface area contributed by atoms with E-state index in [1.807, 2.05) is 0 Å². The lowest BCUT2D eigenvalue weighted by molar-refractivity contribution is -0.195. The minimum Gasteiger partial charge on any atom is -0.383 e. The molecule has 1 rings (SSSR count). The number of carbonyl (C=O) groups is 1. The van der Waals surface area contributed by atoms with Crippen molar-refractivity contribution in [1.82, 2.24) is 0 Å². The molecule has 0 aliphatic carbocycles. The monoisotopic (exact) mass is 250 g/mol. The predicted molar refractivity (Wildman–Crippen MR) is 55.3 cm³/mol. The van der Waals surface area contributed by atoms with Gasteiger partial charge in [0.1, 0.15) is 0 Å². The Kier molecular flexibility index (Phi) is 4.37. The van der Waals surface area contributed by atoms with Crippen molar-refractivity contribution < 1.29 is 23.1 Å². The molecule has 1 atom stereocenters. The van der Waals surface area contributed by atoms with Crippen molar-refractivity contribution in [2.24, 2.45) is 0 Å². The van der Waals surface area contributed by atoms with Gasteiger partial charge in [-0.2, -0.15) is 13.2 Å². The molecule has 0 aromatic heterocycles. The molecule has 0 radical (unpaired) electrons. The van der Waals surface area contributed by atoms with E-state index in [0.29, 0.717) is 17.3 Å². The first-order chi connectivity index (χ1) is 7.41. The summed E-state index contributed by atoms with van der Waals surface area (Å²) in [5.74, 6) is -0.683. The van der Waals surface area contributed by atoms with E-state index in [0.717, 1.165) is 0 Å². The molecule has 6 heteroatoms. The Morgan fingerprint density at radius 1 is 1.31 bits per heavy atom. The standard InChI is InChI=1S/C10H9F3O2S/c11-10(12,13)8(14)6-16-9(15)7-4-2-1-3-5-7/h1-5,8,14H,6H2. The van der Waals surface area contributed by atoms with Crippen molar-refractivity contribution in [3.63, 3.8) is 0 Å². The first kappa shape index (κ1) is 13.1. The molecule has 0 aliphatic rings. The molecule has 88 valence electrons. The van der Waals surface area contributed by atoms with Crippen LogP contribution in [0.15, 0.2) is 30.3 Å². The van der Waals surface area contributed by atoms with E-state index in [4.69, 9.17) is 5.11 Å². The number of hydrogen-bond acceptors (Lipinski definition) is 3. The van der Waals surface area contributed by atoms with Crippen molar-refractivity contribution in [1.29, 1.82) is 0 Å². The van der Waals surface area contributed by atoms with E-state index in [1.54, 1.807) is 18.2 Å². The molecule has 0 saturated heterocycles. The highest BCUT2D eigenvalue weighted by Gasteiger charge is 2.38. The van der Waals surface area contributed by atoms with Gasteiger partial charge in [0.25, 0.3) is 0 Å². The zero-order chi connectivity index (χ0) is 12.2. The minimum absolute atomic E-state index is 0.321. The van der Waals surface area contributed by atoms with Crippen LogP contribution in [-0.4, -0.2) is 28.3 Å². The molecule has 0 bridgehead atoms. The second-order valence-corrected chi connectivity index (χ2v) is 4.01. The highest BCUT2D eigenvalue weighted by Crippen LogP contribution is 2.24. The number of aliphatic hydroxyl groups excluding tert-OH is 1. The lowest BCUT2D eigenvalue weighted by Crippen LogP contribution is -2.31. The zero-order valence-corrected chi connectivity index (χ0v) is 8.89. The minimum atomic E-state index is -4.68. The van der Waals surface area contributed by atoms with Gasteiger partial charge in [0.2, 0.25) is 5.12 Å². The number of benzene rings is 1. The van der Waals surface area contributed by atoms with Gasteiger partial charge in [0, 0.05) is 11.3 Å². The van der Waals surface area contributed by atoms with Crippen LogP contribution in [0.2, 0.25) is 0 Å². The second-order valence-electron chi connectivity index (χ2n) is 3.02. The largest absolute Gasteiger partial charge is 0.415 e. The highest BCUT2D eigenvalue weighted by atomic mass is 32.2. The maximum Gasteiger partial charge on any atom is 0.415 e. The summed E-state index contributed by atoms with van der Waals surface area (Å²) in [4.78, 5) is 11.4. The van der Waals surface area contributed by atoms with Crippen molar-refractivity contribution >= 4 is 16.9 Å². The Labute approximate surface area is 94.5 Å². The molecule has 0 spiro atoms. The smallest absolute Gasteiger partial charge is 0.383 e. The Hall–Kier alpha value is -1.01. The number of alkyl halides is 3. The third kappa shape index (κ3) is 3.86. The Morgan fingerprint density at radius 2 is 1.88 bits per heavy atom. The van der Waals surface area contributed by atoms with Crippen LogP contribution in [0.4, 0.5) is 13.2 Å². The molecule has 2 nitrogen and oxygen atoms in total. The van der Waals surface area contributed by atoms with Crippen LogP contribution in [0.25, 0.3) is 0 Å². The van der Waals surface area contributed by atoms with Gasteiger partial charge in [-0.1, -0.05) is 42.1 Å². The van der Waals surface area contributed by atoms with Gasteiger partial charge in [0.15, 0.2) is 6.10 Å². The second kappa shape index (κ2) is 5.36. The number of halogens is 3. The maximum atomic E-state index is 11.9. The molecule has 0 amide bonds. The summed E-state index contributed by atoms with van der Waals surface area (Å²) >= 11 is 0.456. The van der Waals surface area contributed by atoms with Crippen LogP contribution in [-0.2, 0) is 0 Å². The average molecular weight is 250 g/mol. The summed E-state index contributed by atoms with van der Waals surface area (Å²) < 4.78 is 35.8. The fraction of sp³-hybridized carbons (Fsp3) is 0.300. The topological polar surface area (TPSA) is 37.3 Å². The molecule has 1 unspecified atom stereocenters. The molecule has 0 saturated carbocycles. The van der Waals surface area contributed by atoms with Gasteiger partial charge in [-0.05, 0) is 0 Å². The number of rotatable bonds is 3. The van der Waals surface area contributed by atoms with Crippen LogP contribution in [0.3, 0.4) is 0 Å². The van der Waals surface area contributed by atoms with E-state index in [-0.39, 0.29) is 0 Å². The van der Waals surface area contributed by atoms with Gasteiger partial charge in [0.05, 0.1) is 0 Å². The first-order valence-electron chi connectivity index (χ1n) is 4.38. The lowest BCUT2D eigenvalue weighted by Gasteiger charge is -2.13. The maximum absolute atomic E-state index is 11.9. The van der Waals surface area contributed by atoms with Crippen molar-refractivity contribution in [2.75, 3.05) is 5.75 Å². The van der Waals surface area contributed by atoms with Gasteiger partial charge >= 0.3 is 6.18 Å². The molecule has 1 aromatic carbocycles. The van der Waals surface area contributed by atoms with Crippen LogP contribution < -0.4 is 0 Å². The normalized spacial score (nSPS) is 13.5. The van der Waals surface area contributed by atoms with E-state index >= 15 is 0 Å². The van der Waals surface area contributed by atoms with Crippen molar-refractivity contribution in [2.45, 2.75) is 12.3 Å². The molecule has 0 fully saturated rings. The Balaban J connectivity index is 2.48. The highest BCUT2D eigenvalue weighted by molar-refractivity contribution is 8.14. The van der Waals surface area contributed by atoms with E-state index in [2.05, 4.69) is 0 Å². The molecule has 0 aliphatic heterocycles. The summed E-state index contributed by atoms with van der Waals surface area (Å²) in [6, 6.07) is 7.96. The van der Waals surface area contributed by atoms with Crippen molar-refractivity contribution in [3.05, 3.63) is 35.9 Å². The molecule has 0 heterocycles. The number of hydrogen-bond donors (Lipinski definition) is 1. The van der Waals surface area contributed by atoms with Crippen LogP contribution in [0.1, 0.15) is 10.4 Å². The van der Waals surface area contributed by atoms with Crippen LogP contribution in [0, 0.1) is 0 Å². The molecular formula is C10H9F3O2S. The van der Waals surface area contributed by atoms with Crippen LogP contribution >= 0.6 is 11.8 Å². The summed E-state index contributed by atoms with van der Waals surface area (Å²) in [5.41, 5.74) is 0.321. The lowest BCUT2D eigenvalue weighted by atomic mass is 10.2. The van der Waals surface area contributed by atoms with E-state index in [9.17, 15) is 18.0 Å². The quantitative estimate of drug-likeness (QED) is 0.895. The van der Waals surface area contributed by atoms with Gasteiger partial charge in [-0.15, -0.1) is 0 Å². The molecule has 1 N–H and O–H groups in total. The third-order valence-corrected chi connectivity index (χ3v) is 2.74. The Bertz CT molecular complexity index is 351.